The van der Waals surface area contributed by atoms with E-state index in [0.29, 0.717) is 19.8 Å². The molecule has 0 saturated carbocycles. The summed E-state index contributed by atoms with van der Waals surface area (Å²) >= 11 is 0. The minimum absolute atomic E-state index is 0.621. The molecule has 0 fully saturated rings. The maximum atomic E-state index is 5.50. The van der Waals surface area contributed by atoms with E-state index < -0.39 is 0 Å². The van der Waals surface area contributed by atoms with E-state index in [1.165, 1.54) is 0 Å². The summed E-state index contributed by atoms with van der Waals surface area (Å²) in [6, 6.07) is 0. The number of fused-ring (bicyclic) bond motifs is 1. The Morgan fingerprint density at radius 1 is 1.38 bits per heavy atom. The lowest BCUT2D eigenvalue weighted by molar-refractivity contribution is 0.133. The second kappa shape index (κ2) is 3.40. The third kappa shape index (κ3) is 1.55. The summed E-state index contributed by atoms with van der Waals surface area (Å²) in [7, 11) is 0. The molecule has 2 rings (SSSR count). The van der Waals surface area contributed by atoms with E-state index in [-0.39, 0.29) is 0 Å². The van der Waals surface area contributed by atoms with Gasteiger partial charge in [0, 0.05) is 12.0 Å². The van der Waals surface area contributed by atoms with E-state index in [1.807, 2.05) is 6.92 Å². The topological polar surface area (TPSA) is 61.0 Å². The number of aromatic nitrogens is 2. The predicted octanol–water partition coefficient (Wildman–Crippen LogP) is 0.316. The molecule has 0 unspecified atom stereocenters. The Kier molecular flexibility index (Phi) is 2.24. The van der Waals surface area contributed by atoms with Crippen molar-refractivity contribution in [2.45, 2.75) is 26.6 Å². The molecule has 2 heterocycles. The Morgan fingerprint density at radius 2 is 2.23 bits per heavy atom. The normalized spacial score (nSPS) is 14.6. The highest BCUT2D eigenvalue weighted by Crippen LogP contribution is 2.20. The lowest BCUT2D eigenvalue weighted by Gasteiger charge is -2.05. The van der Waals surface area contributed by atoms with E-state index in [0.717, 1.165) is 29.2 Å². The third-order valence-corrected chi connectivity index (χ3v) is 2.16. The quantitative estimate of drug-likeness (QED) is 0.710. The van der Waals surface area contributed by atoms with Gasteiger partial charge in [0.05, 0.1) is 24.6 Å². The zero-order valence-electron chi connectivity index (χ0n) is 7.71. The van der Waals surface area contributed by atoms with E-state index in [1.54, 1.807) is 0 Å². The first-order valence-corrected chi connectivity index (χ1v) is 4.44. The van der Waals surface area contributed by atoms with Crippen molar-refractivity contribution in [3.63, 3.8) is 0 Å². The lowest BCUT2D eigenvalue weighted by atomic mass is 10.1. The molecule has 0 saturated heterocycles. The van der Waals surface area contributed by atoms with Crippen LogP contribution in [0.4, 0.5) is 0 Å². The van der Waals surface area contributed by atoms with E-state index in [2.05, 4.69) is 9.97 Å². The van der Waals surface area contributed by atoms with Crippen molar-refractivity contribution < 1.29 is 4.74 Å². The van der Waals surface area contributed by atoms with Gasteiger partial charge in [0.15, 0.2) is 0 Å². The third-order valence-electron chi connectivity index (χ3n) is 2.16. The van der Waals surface area contributed by atoms with Gasteiger partial charge in [0.2, 0.25) is 0 Å². The van der Waals surface area contributed by atoms with Crippen LogP contribution in [0, 0.1) is 6.92 Å². The molecule has 70 valence electrons. The lowest BCUT2D eigenvalue weighted by Crippen LogP contribution is -2.09. The first kappa shape index (κ1) is 8.59. The number of nitrogens with two attached hydrogens (primary N) is 1. The molecule has 4 heteroatoms. The second-order valence-electron chi connectivity index (χ2n) is 3.17. The van der Waals surface area contributed by atoms with Crippen LogP contribution in [0.2, 0.25) is 0 Å². The first-order chi connectivity index (χ1) is 6.31. The van der Waals surface area contributed by atoms with Gasteiger partial charge >= 0.3 is 0 Å². The number of rotatable bonds is 2. The highest BCUT2D eigenvalue weighted by molar-refractivity contribution is 5.27. The Morgan fingerprint density at radius 3 is 3.00 bits per heavy atom. The fourth-order valence-electron chi connectivity index (χ4n) is 1.60. The summed E-state index contributed by atoms with van der Waals surface area (Å²) in [6.45, 7) is 3.79. The molecule has 2 N–H and O–H groups in total. The number of hydrogen-bond acceptors (Lipinski definition) is 4. The van der Waals surface area contributed by atoms with Gasteiger partial charge in [-0.3, -0.25) is 0 Å². The van der Waals surface area contributed by atoms with Crippen LogP contribution in [0.15, 0.2) is 0 Å². The molecule has 0 radical (unpaired) electrons. The molecule has 0 bridgehead atoms. The largest absolute Gasteiger partial charge is 0.370 e. The van der Waals surface area contributed by atoms with Crippen LogP contribution in [0.3, 0.4) is 0 Å². The highest BCUT2D eigenvalue weighted by Gasteiger charge is 2.17. The maximum Gasteiger partial charge on any atom is 0.125 e. The summed E-state index contributed by atoms with van der Waals surface area (Å²) in [5, 5.41) is 0. The molecule has 1 aliphatic rings. The minimum atomic E-state index is 0.621. The van der Waals surface area contributed by atoms with Gasteiger partial charge in [0.1, 0.15) is 5.82 Å². The standard InChI is InChI=1S/C9H13N3O/c1-6-11-8(2-3-10)7-4-13-5-9(7)12-6/h2-5,10H2,1H3. The molecule has 0 amide bonds. The number of nitrogens with zero attached hydrogens (tertiary/aromatic N) is 2. The summed E-state index contributed by atoms with van der Waals surface area (Å²) in [6.07, 6.45) is 0.815. The zero-order chi connectivity index (χ0) is 9.26. The molecule has 1 aliphatic heterocycles. The average molecular weight is 179 g/mol. The molecular formula is C9H13N3O. The van der Waals surface area contributed by atoms with Crippen LogP contribution in [0.25, 0.3) is 0 Å². The summed E-state index contributed by atoms with van der Waals surface area (Å²) < 4.78 is 5.31. The molecule has 1 aromatic heterocycles. The molecule has 0 atom stereocenters. The minimum Gasteiger partial charge on any atom is -0.370 e. The van der Waals surface area contributed by atoms with Gasteiger partial charge in [-0.05, 0) is 13.5 Å². The van der Waals surface area contributed by atoms with Gasteiger partial charge in [-0.2, -0.15) is 0 Å². The number of aryl methyl sites for hydroxylation is 1. The van der Waals surface area contributed by atoms with Crippen LogP contribution in [0.1, 0.15) is 22.8 Å². The van der Waals surface area contributed by atoms with Crippen molar-refractivity contribution >= 4 is 0 Å². The van der Waals surface area contributed by atoms with E-state index in [4.69, 9.17) is 10.5 Å². The first-order valence-electron chi connectivity index (χ1n) is 4.44. The van der Waals surface area contributed by atoms with Crippen molar-refractivity contribution in [3.8, 4) is 0 Å². The SMILES string of the molecule is Cc1nc(CCN)c2c(n1)COC2. The van der Waals surface area contributed by atoms with E-state index in [9.17, 15) is 0 Å². The van der Waals surface area contributed by atoms with Crippen LogP contribution in [-0.4, -0.2) is 16.5 Å². The number of ether oxygens (including phenoxy) is 1. The zero-order valence-corrected chi connectivity index (χ0v) is 7.71. The number of hydrogen-bond donors (Lipinski definition) is 1. The Balaban J connectivity index is 2.43. The van der Waals surface area contributed by atoms with Gasteiger partial charge < -0.3 is 10.5 Å². The van der Waals surface area contributed by atoms with Crippen molar-refractivity contribution in [1.29, 1.82) is 0 Å². The van der Waals surface area contributed by atoms with Crippen LogP contribution < -0.4 is 5.73 Å². The Hall–Kier alpha value is -1.00. The van der Waals surface area contributed by atoms with Gasteiger partial charge in [-0.25, -0.2) is 9.97 Å². The molecule has 0 aliphatic carbocycles. The monoisotopic (exact) mass is 179 g/mol. The van der Waals surface area contributed by atoms with Crippen molar-refractivity contribution in [2.24, 2.45) is 5.73 Å². The summed E-state index contributed by atoms with van der Waals surface area (Å²) in [4.78, 5) is 8.68. The van der Waals surface area contributed by atoms with Gasteiger partial charge in [-0.15, -0.1) is 0 Å². The van der Waals surface area contributed by atoms with Gasteiger partial charge in [0.25, 0.3) is 0 Å². The summed E-state index contributed by atoms with van der Waals surface area (Å²) in [5.74, 6) is 0.813. The van der Waals surface area contributed by atoms with Crippen LogP contribution in [-0.2, 0) is 24.4 Å². The van der Waals surface area contributed by atoms with Gasteiger partial charge in [-0.1, -0.05) is 0 Å². The maximum absolute atomic E-state index is 5.50. The smallest absolute Gasteiger partial charge is 0.125 e. The molecule has 1 aromatic rings. The predicted molar refractivity (Wildman–Crippen MR) is 48.0 cm³/mol. The highest BCUT2D eigenvalue weighted by atomic mass is 16.5. The average Bonchev–Trinajstić information content (AvgIpc) is 2.52. The van der Waals surface area contributed by atoms with Crippen molar-refractivity contribution in [3.05, 3.63) is 22.8 Å². The molecule has 4 nitrogen and oxygen atoms in total. The molecule has 0 aromatic carbocycles. The van der Waals surface area contributed by atoms with Crippen LogP contribution >= 0.6 is 0 Å². The molecule has 13 heavy (non-hydrogen) atoms. The summed E-state index contributed by atoms with van der Waals surface area (Å²) in [5.41, 5.74) is 8.75. The molecule has 0 spiro atoms. The van der Waals surface area contributed by atoms with Crippen molar-refractivity contribution in [1.82, 2.24) is 9.97 Å². The Labute approximate surface area is 77.1 Å². The Bertz CT molecular complexity index is 325. The molecular weight excluding hydrogens is 166 g/mol. The fourth-order valence-corrected chi connectivity index (χ4v) is 1.60. The fraction of sp³-hybridized carbons (Fsp3) is 0.556. The van der Waals surface area contributed by atoms with Crippen molar-refractivity contribution in [2.75, 3.05) is 6.54 Å². The second-order valence-corrected chi connectivity index (χ2v) is 3.17. The van der Waals surface area contributed by atoms with Crippen LogP contribution in [0.5, 0.6) is 0 Å². The van der Waals surface area contributed by atoms with E-state index >= 15 is 0 Å².